The van der Waals surface area contributed by atoms with Crippen LogP contribution in [-0.4, -0.2) is 50.9 Å². The first-order chi connectivity index (χ1) is 20.0. The van der Waals surface area contributed by atoms with Crippen molar-refractivity contribution in [2.75, 3.05) is 18.0 Å². The molecule has 224 valence electrons. The topological polar surface area (TPSA) is 96.0 Å². The summed E-state index contributed by atoms with van der Waals surface area (Å²) in [5, 5.41) is 3.82. The molecule has 1 aliphatic carbocycles. The summed E-state index contributed by atoms with van der Waals surface area (Å²) >= 11 is 12.5. The lowest BCUT2D eigenvalue weighted by Crippen LogP contribution is -2.52. The number of carbonyl (C=O) groups excluding carboxylic acids is 2. The Morgan fingerprint density at radius 2 is 1.71 bits per heavy atom. The molecule has 2 amide bonds. The number of ether oxygens (including phenoxy) is 1. The van der Waals surface area contributed by atoms with E-state index in [1.807, 2.05) is 6.92 Å². The Balaban J connectivity index is 1.72. The van der Waals surface area contributed by atoms with Gasteiger partial charge in [0.25, 0.3) is 10.0 Å². The Bertz CT molecular complexity index is 1530. The average Bonchev–Trinajstić information content (AvgIpc) is 3.48. The van der Waals surface area contributed by atoms with Gasteiger partial charge in [-0.05, 0) is 68.7 Å². The molecule has 3 aromatic rings. The number of amides is 2. The number of halogens is 2. The fourth-order valence-electron chi connectivity index (χ4n) is 4.94. The molecule has 1 saturated carbocycles. The first kappa shape index (κ1) is 31.7. The summed E-state index contributed by atoms with van der Waals surface area (Å²) in [4.78, 5) is 28.9. The second-order valence-corrected chi connectivity index (χ2v) is 13.2. The number of carbonyl (C=O) groups is 2. The Hall–Kier alpha value is -3.27. The standard InChI is InChI=1S/C31H35Cl2N3O5S/c1-21-11-15-28(16-12-21)42(39,40)36(26-9-6-10-27(18-26)41-3)20-30(37)35(19-23-13-14-24(32)17-29(23)33)22(2)31(38)34-25-7-4-5-8-25/h6,9-18,22,25H,4-5,7-8,19-20H2,1-3H3,(H,34,38). The van der Waals surface area contributed by atoms with Gasteiger partial charge < -0.3 is 15.0 Å². The van der Waals surface area contributed by atoms with Crippen molar-refractivity contribution >= 4 is 50.7 Å². The molecule has 3 aromatic carbocycles. The molecule has 0 bridgehead atoms. The summed E-state index contributed by atoms with van der Waals surface area (Å²) in [6.07, 6.45) is 3.84. The largest absolute Gasteiger partial charge is 0.497 e. The van der Waals surface area contributed by atoms with E-state index < -0.39 is 28.5 Å². The van der Waals surface area contributed by atoms with Gasteiger partial charge in [0.15, 0.2) is 0 Å². The Morgan fingerprint density at radius 1 is 1.02 bits per heavy atom. The number of aryl methyl sites for hydroxylation is 1. The molecule has 4 rings (SSSR count). The van der Waals surface area contributed by atoms with Crippen molar-refractivity contribution in [1.29, 1.82) is 0 Å². The molecule has 0 aromatic heterocycles. The van der Waals surface area contributed by atoms with Crippen LogP contribution in [0.15, 0.2) is 71.6 Å². The van der Waals surface area contributed by atoms with E-state index in [4.69, 9.17) is 27.9 Å². The van der Waals surface area contributed by atoms with Crippen LogP contribution in [0.3, 0.4) is 0 Å². The summed E-state index contributed by atoms with van der Waals surface area (Å²) in [6.45, 7) is 2.91. The van der Waals surface area contributed by atoms with Crippen molar-refractivity contribution in [3.63, 3.8) is 0 Å². The van der Waals surface area contributed by atoms with E-state index in [0.29, 0.717) is 21.4 Å². The first-order valence-electron chi connectivity index (χ1n) is 13.8. The second-order valence-electron chi connectivity index (χ2n) is 10.4. The maximum absolute atomic E-state index is 14.1. The minimum Gasteiger partial charge on any atom is -0.497 e. The molecule has 0 saturated heterocycles. The summed E-state index contributed by atoms with van der Waals surface area (Å²) in [7, 11) is -2.71. The lowest BCUT2D eigenvalue weighted by molar-refractivity contribution is -0.139. The zero-order valence-corrected chi connectivity index (χ0v) is 26.2. The zero-order chi connectivity index (χ0) is 30.4. The minimum atomic E-state index is -4.19. The van der Waals surface area contributed by atoms with Gasteiger partial charge in [0, 0.05) is 28.7 Å². The van der Waals surface area contributed by atoms with Crippen LogP contribution in [0.25, 0.3) is 0 Å². The van der Waals surface area contributed by atoms with Crippen LogP contribution in [0, 0.1) is 6.92 Å². The van der Waals surface area contributed by atoms with Crippen molar-refractivity contribution < 1.29 is 22.7 Å². The zero-order valence-electron chi connectivity index (χ0n) is 23.8. The third-order valence-corrected chi connectivity index (χ3v) is 9.83. The first-order valence-corrected chi connectivity index (χ1v) is 16.0. The van der Waals surface area contributed by atoms with E-state index >= 15 is 0 Å². The monoisotopic (exact) mass is 631 g/mol. The Kier molecular flexibility index (Phi) is 10.4. The van der Waals surface area contributed by atoms with Crippen molar-refractivity contribution in [3.8, 4) is 5.75 Å². The maximum atomic E-state index is 14.1. The van der Waals surface area contributed by atoms with Gasteiger partial charge in [-0.1, -0.05) is 65.9 Å². The molecule has 8 nitrogen and oxygen atoms in total. The van der Waals surface area contributed by atoms with Crippen LogP contribution in [0.4, 0.5) is 5.69 Å². The number of methoxy groups -OCH3 is 1. The SMILES string of the molecule is COc1cccc(N(CC(=O)N(Cc2ccc(Cl)cc2Cl)C(C)C(=O)NC2CCCC2)S(=O)(=O)c2ccc(C)cc2)c1. The Labute approximate surface area is 257 Å². The minimum absolute atomic E-state index is 0.0232. The predicted octanol–water partition coefficient (Wildman–Crippen LogP) is 5.98. The maximum Gasteiger partial charge on any atom is 0.264 e. The van der Waals surface area contributed by atoms with Crippen molar-refractivity contribution in [2.45, 2.75) is 63.1 Å². The third-order valence-electron chi connectivity index (χ3n) is 7.45. The normalized spacial score (nSPS) is 14.3. The van der Waals surface area contributed by atoms with Crippen LogP contribution >= 0.6 is 23.2 Å². The highest BCUT2D eigenvalue weighted by Gasteiger charge is 2.33. The number of sulfonamides is 1. The van der Waals surface area contributed by atoms with Gasteiger partial charge in [-0.3, -0.25) is 13.9 Å². The van der Waals surface area contributed by atoms with Crippen LogP contribution in [-0.2, 0) is 26.2 Å². The molecule has 1 unspecified atom stereocenters. The van der Waals surface area contributed by atoms with Gasteiger partial charge in [-0.2, -0.15) is 0 Å². The van der Waals surface area contributed by atoms with Crippen LogP contribution in [0.5, 0.6) is 5.75 Å². The van der Waals surface area contributed by atoms with Gasteiger partial charge in [-0.25, -0.2) is 8.42 Å². The number of benzene rings is 3. The number of hydrogen-bond acceptors (Lipinski definition) is 5. The summed E-state index contributed by atoms with van der Waals surface area (Å²) in [6, 6.07) is 16.9. The summed E-state index contributed by atoms with van der Waals surface area (Å²) in [5.41, 5.74) is 1.71. The molecule has 1 N–H and O–H groups in total. The van der Waals surface area contributed by atoms with Crippen LogP contribution in [0.2, 0.25) is 10.0 Å². The van der Waals surface area contributed by atoms with E-state index in [-0.39, 0.29) is 29.1 Å². The number of anilines is 1. The van der Waals surface area contributed by atoms with E-state index in [9.17, 15) is 18.0 Å². The lowest BCUT2D eigenvalue weighted by Gasteiger charge is -2.32. The molecule has 42 heavy (non-hydrogen) atoms. The van der Waals surface area contributed by atoms with E-state index in [2.05, 4.69) is 5.32 Å². The van der Waals surface area contributed by atoms with Gasteiger partial charge in [0.1, 0.15) is 18.3 Å². The molecule has 1 aliphatic rings. The molecule has 0 aliphatic heterocycles. The number of nitrogens with zero attached hydrogens (tertiary/aromatic N) is 2. The van der Waals surface area contributed by atoms with Crippen molar-refractivity contribution in [2.24, 2.45) is 0 Å². The highest BCUT2D eigenvalue weighted by Crippen LogP contribution is 2.29. The van der Waals surface area contributed by atoms with Crippen molar-refractivity contribution in [1.82, 2.24) is 10.2 Å². The van der Waals surface area contributed by atoms with Crippen molar-refractivity contribution in [3.05, 3.63) is 87.9 Å². The number of hydrogen-bond donors (Lipinski definition) is 1. The number of nitrogens with one attached hydrogen (secondary N) is 1. The summed E-state index contributed by atoms with van der Waals surface area (Å²) < 4.78 is 34.3. The molecule has 0 spiro atoms. The molecule has 1 fully saturated rings. The van der Waals surface area contributed by atoms with Gasteiger partial charge in [0.2, 0.25) is 11.8 Å². The lowest BCUT2D eigenvalue weighted by atomic mass is 10.1. The van der Waals surface area contributed by atoms with Crippen LogP contribution in [0.1, 0.15) is 43.7 Å². The molecule has 11 heteroatoms. The van der Waals surface area contributed by atoms with Gasteiger partial charge in [0.05, 0.1) is 17.7 Å². The molecule has 1 atom stereocenters. The Morgan fingerprint density at radius 3 is 2.36 bits per heavy atom. The fourth-order valence-corrected chi connectivity index (χ4v) is 6.81. The highest BCUT2D eigenvalue weighted by atomic mass is 35.5. The predicted molar refractivity (Wildman–Crippen MR) is 166 cm³/mol. The molecular weight excluding hydrogens is 597 g/mol. The second kappa shape index (κ2) is 13.8. The average molecular weight is 633 g/mol. The third kappa shape index (κ3) is 7.56. The van der Waals surface area contributed by atoms with E-state index in [0.717, 1.165) is 35.6 Å². The fraction of sp³-hybridized carbons (Fsp3) is 0.355. The highest BCUT2D eigenvalue weighted by molar-refractivity contribution is 7.92. The van der Waals surface area contributed by atoms with Crippen LogP contribution < -0.4 is 14.4 Å². The van der Waals surface area contributed by atoms with Gasteiger partial charge in [-0.15, -0.1) is 0 Å². The van der Waals surface area contributed by atoms with Gasteiger partial charge >= 0.3 is 0 Å². The van der Waals surface area contributed by atoms with E-state index in [1.165, 1.54) is 24.1 Å². The molecule has 0 heterocycles. The number of rotatable bonds is 11. The quantitative estimate of drug-likeness (QED) is 0.281. The summed E-state index contributed by atoms with van der Waals surface area (Å²) in [5.74, 6) is -0.457. The van der Waals surface area contributed by atoms with E-state index in [1.54, 1.807) is 61.5 Å². The molecule has 0 radical (unpaired) electrons. The smallest absolute Gasteiger partial charge is 0.264 e. The molecular formula is C31H35Cl2N3O5S.